The minimum Gasteiger partial charge on any atom is -0.377 e. The number of unbranched alkanes of at least 4 members (excludes halogenated alkanes) is 1. The molecule has 3 aliphatic heterocycles. The van der Waals surface area contributed by atoms with Crippen molar-refractivity contribution in [2.24, 2.45) is 0 Å². The zero-order valence-electron chi connectivity index (χ0n) is 26.5. The van der Waals surface area contributed by atoms with Crippen molar-refractivity contribution in [2.45, 2.75) is 122 Å². The summed E-state index contributed by atoms with van der Waals surface area (Å²) in [6.45, 7) is 14.5. The Labute approximate surface area is 252 Å². The molecular weight excluding hydrogens is 529 g/mol. The molecule has 1 unspecified atom stereocenters. The Morgan fingerprint density at radius 3 is 2.79 bits per heavy atom. The number of pyridine rings is 1. The van der Waals surface area contributed by atoms with Crippen molar-refractivity contribution in [1.82, 2.24) is 9.88 Å². The summed E-state index contributed by atoms with van der Waals surface area (Å²) in [5.74, 6) is 0.859. The van der Waals surface area contributed by atoms with Crippen LogP contribution in [0.1, 0.15) is 114 Å². The molecule has 4 heterocycles. The lowest BCUT2D eigenvalue weighted by Crippen LogP contribution is -2.35. The molecule has 3 aliphatic rings. The number of ether oxygens (including phenoxy) is 3. The van der Waals surface area contributed by atoms with Crippen molar-refractivity contribution < 1.29 is 18.6 Å². The smallest absolute Gasteiger partial charge is 0.129 e. The predicted octanol–water partition coefficient (Wildman–Crippen LogP) is 7.57. The van der Waals surface area contributed by atoms with Gasteiger partial charge in [0.25, 0.3) is 0 Å². The number of rotatable bonds is 11. The van der Waals surface area contributed by atoms with E-state index in [9.17, 15) is 4.39 Å². The molecule has 0 radical (unpaired) electrons. The Hall–Kier alpha value is -2.06. The van der Waals surface area contributed by atoms with Gasteiger partial charge in [0.05, 0.1) is 30.5 Å². The van der Waals surface area contributed by atoms with Crippen LogP contribution in [0.4, 0.5) is 10.2 Å². The van der Waals surface area contributed by atoms with E-state index >= 15 is 0 Å². The van der Waals surface area contributed by atoms with Crippen molar-refractivity contribution in [3.05, 3.63) is 58.5 Å². The molecule has 2 fully saturated rings. The molecule has 5 rings (SSSR count). The minimum atomic E-state index is -0.276. The SMILES string of the molecule is CC1(C)CCc2ccc(CCCCO[C@@H]3CCN(C(COC(C)(C)C)c4cc(F)ccc4[C@@H]4CCCCO4)C3)nc2N1. The van der Waals surface area contributed by atoms with Gasteiger partial charge in [-0.05, 0) is 127 Å². The maximum Gasteiger partial charge on any atom is 0.129 e. The van der Waals surface area contributed by atoms with Gasteiger partial charge in [-0.25, -0.2) is 9.37 Å². The fraction of sp³-hybridized carbons (Fsp3) is 0.686. The number of nitrogens with zero attached hydrogens (tertiary/aromatic N) is 2. The van der Waals surface area contributed by atoms with Crippen LogP contribution in [0, 0.1) is 5.82 Å². The van der Waals surface area contributed by atoms with E-state index in [0.717, 1.165) is 107 Å². The second-order valence-corrected chi connectivity index (χ2v) is 14.1. The fourth-order valence-corrected chi connectivity index (χ4v) is 6.47. The molecular formula is C35H52FN3O3. The van der Waals surface area contributed by atoms with Crippen LogP contribution in [0.15, 0.2) is 30.3 Å². The van der Waals surface area contributed by atoms with Crippen LogP contribution in [0.2, 0.25) is 0 Å². The van der Waals surface area contributed by atoms with Crippen LogP contribution >= 0.6 is 0 Å². The molecule has 0 aliphatic carbocycles. The number of fused-ring (bicyclic) bond motifs is 1. The number of hydrogen-bond donors (Lipinski definition) is 1. The highest BCUT2D eigenvalue weighted by Crippen LogP contribution is 2.37. The Morgan fingerprint density at radius 2 is 2.00 bits per heavy atom. The molecule has 1 aromatic carbocycles. The van der Waals surface area contributed by atoms with Gasteiger partial charge in [0, 0.05) is 37.5 Å². The Morgan fingerprint density at radius 1 is 1.14 bits per heavy atom. The highest BCUT2D eigenvalue weighted by molar-refractivity contribution is 5.49. The first kappa shape index (κ1) is 31.4. The van der Waals surface area contributed by atoms with Gasteiger partial charge in [0.1, 0.15) is 11.6 Å². The third kappa shape index (κ3) is 8.52. The number of anilines is 1. The normalized spacial score (nSPS) is 23.4. The Balaban J connectivity index is 1.16. The number of benzene rings is 1. The molecule has 0 amide bonds. The molecule has 0 spiro atoms. The molecule has 1 N–H and O–H groups in total. The van der Waals surface area contributed by atoms with Crippen LogP contribution < -0.4 is 5.32 Å². The molecule has 0 bridgehead atoms. The first-order chi connectivity index (χ1) is 20.1. The molecule has 232 valence electrons. The second kappa shape index (κ2) is 13.7. The Kier molecular flexibility index (Phi) is 10.2. The van der Waals surface area contributed by atoms with Crippen LogP contribution in [-0.2, 0) is 27.1 Å². The van der Waals surface area contributed by atoms with Crippen molar-refractivity contribution in [2.75, 3.05) is 38.2 Å². The number of halogens is 1. The van der Waals surface area contributed by atoms with Crippen molar-refractivity contribution in [3.8, 4) is 0 Å². The summed E-state index contributed by atoms with van der Waals surface area (Å²) in [6.07, 6.45) is 9.65. The number of nitrogens with one attached hydrogen (secondary N) is 1. The average molecular weight is 582 g/mol. The van der Waals surface area contributed by atoms with E-state index < -0.39 is 0 Å². The van der Waals surface area contributed by atoms with E-state index in [4.69, 9.17) is 19.2 Å². The summed E-state index contributed by atoms with van der Waals surface area (Å²) in [5, 5.41) is 3.61. The van der Waals surface area contributed by atoms with E-state index in [1.165, 1.54) is 5.56 Å². The third-order valence-electron chi connectivity index (χ3n) is 8.92. The van der Waals surface area contributed by atoms with Crippen LogP contribution in [0.5, 0.6) is 0 Å². The highest BCUT2D eigenvalue weighted by Gasteiger charge is 2.34. The van der Waals surface area contributed by atoms with Gasteiger partial charge in [-0.15, -0.1) is 0 Å². The van der Waals surface area contributed by atoms with Gasteiger partial charge in [-0.2, -0.15) is 0 Å². The summed E-state index contributed by atoms with van der Waals surface area (Å²) < 4.78 is 33.5. The number of hydrogen-bond acceptors (Lipinski definition) is 6. The van der Waals surface area contributed by atoms with E-state index in [2.05, 4.69) is 57.0 Å². The van der Waals surface area contributed by atoms with Crippen molar-refractivity contribution in [1.29, 1.82) is 0 Å². The van der Waals surface area contributed by atoms with Gasteiger partial charge < -0.3 is 19.5 Å². The average Bonchev–Trinajstić information content (AvgIpc) is 3.41. The summed E-state index contributed by atoms with van der Waals surface area (Å²) in [7, 11) is 0. The van der Waals surface area contributed by atoms with Crippen LogP contribution in [0.25, 0.3) is 0 Å². The zero-order valence-corrected chi connectivity index (χ0v) is 26.5. The maximum atomic E-state index is 14.7. The van der Waals surface area contributed by atoms with Crippen LogP contribution in [0.3, 0.4) is 0 Å². The first-order valence-electron chi connectivity index (χ1n) is 16.2. The number of likely N-dealkylation sites (tertiary alicyclic amines) is 1. The summed E-state index contributed by atoms with van der Waals surface area (Å²) in [5.41, 5.74) is 4.43. The molecule has 0 saturated carbocycles. The fourth-order valence-electron chi connectivity index (χ4n) is 6.47. The minimum absolute atomic E-state index is 0.0213. The molecule has 7 heteroatoms. The van der Waals surface area contributed by atoms with Crippen molar-refractivity contribution >= 4 is 5.82 Å². The molecule has 2 aromatic rings. The first-order valence-corrected chi connectivity index (χ1v) is 16.2. The predicted molar refractivity (Wildman–Crippen MR) is 167 cm³/mol. The maximum absolute atomic E-state index is 14.7. The monoisotopic (exact) mass is 581 g/mol. The molecule has 3 atom stereocenters. The zero-order chi connectivity index (χ0) is 29.7. The highest BCUT2D eigenvalue weighted by atomic mass is 19.1. The number of aryl methyl sites for hydroxylation is 2. The Bertz CT molecular complexity index is 1170. The van der Waals surface area contributed by atoms with Gasteiger partial charge in [0.2, 0.25) is 0 Å². The van der Waals surface area contributed by atoms with E-state index in [0.29, 0.717) is 6.61 Å². The molecule has 2 saturated heterocycles. The van der Waals surface area contributed by atoms with E-state index in [-0.39, 0.29) is 35.2 Å². The van der Waals surface area contributed by atoms with Gasteiger partial charge in [-0.1, -0.05) is 12.1 Å². The topological polar surface area (TPSA) is 55.9 Å². The third-order valence-corrected chi connectivity index (χ3v) is 8.92. The van der Waals surface area contributed by atoms with E-state index in [1.54, 1.807) is 12.1 Å². The van der Waals surface area contributed by atoms with Gasteiger partial charge in [-0.3, -0.25) is 4.90 Å². The largest absolute Gasteiger partial charge is 0.377 e. The van der Waals surface area contributed by atoms with E-state index in [1.807, 2.05) is 6.07 Å². The molecule has 42 heavy (non-hydrogen) atoms. The van der Waals surface area contributed by atoms with Crippen LogP contribution in [-0.4, -0.2) is 60.0 Å². The number of aromatic nitrogens is 1. The van der Waals surface area contributed by atoms with Gasteiger partial charge in [0.15, 0.2) is 0 Å². The molecule has 1 aromatic heterocycles. The lowest BCUT2D eigenvalue weighted by molar-refractivity contribution is -0.0371. The lowest BCUT2D eigenvalue weighted by atomic mass is 9.91. The summed E-state index contributed by atoms with van der Waals surface area (Å²) >= 11 is 0. The standard InChI is InChI=1S/C35H52FN3O3/c1-34(2,3)42-24-31(30-22-26(36)13-15-29(30)32-11-7-9-21-41-32)39-19-17-28(23-39)40-20-8-6-10-27-14-12-25-16-18-35(4,5)38-33(25)37-27/h12-15,22,28,31-32H,6-11,16-21,23-24H2,1-5H3,(H,37,38)/t28-,31?,32+/m1/s1. The lowest BCUT2D eigenvalue weighted by Gasteiger charge is -2.34. The summed E-state index contributed by atoms with van der Waals surface area (Å²) in [4.78, 5) is 7.35. The van der Waals surface area contributed by atoms with Crippen molar-refractivity contribution in [3.63, 3.8) is 0 Å². The van der Waals surface area contributed by atoms with Gasteiger partial charge >= 0.3 is 0 Å². The second-order valence-electron chi connectivity index (χ2n) is 14.1. The molecule has 6 nitrogen and oxygen atoms in total. The summed E-state index contributed by atoms with van der Waals surface area (Å²) in [6, 6.07) is 9.61. The quantitative estimate of drug-likeness (QED) is 0.276.